The molecule has 1 rings (SSSR count). The molecule has 6 heteroatoms. The Labute approximate surface area is 126 Å². The van der Waals surface area contributed by atoms with Gasteiger partial charge in [0.2, 0.25) is 0 Å². The van der Waals surface area contributed by atoms with E-state index < -0.39 is 5.60 Å². The lowest BCUT2D eigenvalue weighted by Crippen LogP contribution is -2.64. The van der Waals surface area contributed by atoms with Crippen LogP contribution < -0.4 is 0 Å². The first kappa shape index (κ1) is 18.2. The summed E-state index contributed by atoms with van der Waals surface area (Å²) < 4.78 is 17.2. The zero-order valence-electron chi connectivity index (χ0n) is 13.2. The molecule has 21 heavy (non-hydrogen) atoms. The Morgan fingerprint density at radius 3 is 2.81 bits per heavy atom. The van der Waals surface area contributed by atoms with Crippen LogP contribution in [0.3, 0.4) is 0 Å². The van der Waals surface area contributed by atoms with E-state index in [2.05, 4.69) is 11.3 Å². The number of nitrogens with zero attached hydrogens (tertiary/aromatic N) is 1. The molecule has 0 amide bonds. The van der Waals surface area contributed by atoms with Gasteiger partial charge in [-0.25, -0.2) is 0 Å². The molecule has 122 valence electrons. The third kappa shape index (κ3) is 5.47. The van der Waals surface area contributed by atoms with Gasteiger partial charge in [-0.2, -0.15) is 4.91 Å². The molecule has 3 unspecified atom stereocenters. The van der Waals surface area contributed by atoms with Gasteiger partial charge >= 0.3 is 0 Å². The Kier molecular flexibility index (Phi) is 8.03. The van der Waals surface area contributed by atoms with E-state index in [1.54, 1.807) is 0 Å². The molecule has 6 nitrogen and oxygen atoms in total. The molecule has 1 heterocycles. The second kappa shape index (κ2) is 9.25. The number of ether oxygens (including phenoxy) is 3. The SMILES string of the molecule is CC(C)=CCC(OCCCN=O)C1(C)OCC1OCCO. The number of aliphatic hydroxyl groups excluding tert-OH is 1. The van der Waals surface area contributed by atoms with Crippen LogP contribution in [0.2, 0.25) is 0 Å². The minimum absolute atomic E-state index is 0.00290. The third-order valence-corrected chi connectivity index (χ3v) is 3.69. The number of hydrogen-bond acceptors (Lipinski definition) is 6. The van der Waals surface area contributed by atoms with Crippen molar-refractivity contribution < 1.29 is 19.3 Å². The minimum Gasteiger partial charge on any atom is -0.394 e. The lowest BCUT2D eigenvalue weighted by atomic mass is 9.85. The molecule has 3 atom stereocenters. The van der Waals surface area contributed by atoms with Crippen molar-refractivity contribution in [3.8, 4) is 0 Å². The number of allylic oxidation sites excluding steroid dienone is 1. The molecule has 1 N–H and O–H groups in total. The van der Waals surface area contributed by atoms with Gasteiger partial charge in [0.15, 0.2) is 0 Å². The molecular formula is C15H27NO5. The van der Waals surface area contributed by atoms with E-state index in [0.29, 0.717) is 26.2 Å². The second-order valence-corrected chi connectivity index (χ2v) is 5.66. The summed E-state index contributed by atoms with van der Waals surface area (Å²) in [5.41, 5.74) is 0.698. The van der Waals surface area contributed by atoms with Crippen LogP contribution in [0.4, 0.5) is 0 Å². The highest BCUT2D eigenvalue weighted by molar-refractivity contribution is 5.04. The molecule has 0 aromatic rings. The van der Waals surface area contributed by atoms with Crippen LogP contribution in [0.15, 0.2) is 16.8 Å². The van der Waals surface area contributed by atoms with E-state index in [1.807, 2.05) is 20.8 Å². The monoisotopic (exact) mass is 301 g/mol. The Bertz CT molecular complexity index is 343. The summed E-state index contributed by atoms with van der Waals surface area (Å²) >= 11 is 0. The molecular weight excluding hydrogens is 274 g/mol. The molecule has 1 saturated heterocycles. The zero-order chi connectivity index (χ0) is 15.7. The summed E-state index contributed by atoms with van der Waals surface area (Å²) in [7, 11) is 0. The van der Waals surface area contributed by atoms with Gasteiger partial charge in [-0.3, -0.25) is 0 Å². The number of rotatable bonds is 11. The molecule has 1 aliphatic heterocycles. The average Bonchev–Trinajstić information content (AvgIpc) is 2.45. The quantitative estimate of drug-likeness (QED) is 0.359. The van der Waals surface area contributed by atoms with Gasteiger partial charge in [0.1, 0.15) is 11.7 Å². The van der Waals surface area contributed by atoms with E-state index >= 15 is 0 Å². The predicted molar refractivity (Wildman–Crippen MR) is 80.2 cm³/mol. The molecule has 1 aliphatic rings. The lowest BCUT2D eigenvalue weighted by molar-refractivity contribution is -0.290. The minimum atomic E-state index is -0.518. The Hall–Kier alpha value is -0.820. The lowest BCUT2D eigenvalue weighted by Gasteiger charge is -2.50. The first-order valence-corrected chi connectivity index (χ1v) is 7.45. The van der Waals surface area contributed by atoms with E-state index in [0.717, 1.165) is 6.42 Å². The highest BCUT2D eigenvalue weighted by Gasteiger charge is 2.51. The molecule has 0 aliphatic carbocycles. The Balaban J connectivity index is 2.60. The van der Waals surface area contributed by atoms with E-state index in [9.17, 15) is 4.91 Å². The van der Waals surface area contributed by atoms with Crippen molar-refractivity contribution in [2.24, 2.45) is 5.18 Å². The normalized spacial score (nSPS) is 26.0. The summed E-state index contributed by atoms with van der Waals surface area (Å²) in [5, 5.41) is 11.7. The standard InChI is InChI=1S/C15H27NO5/c1-12(2)5-6-13(19-9-4-7-16-18)15(3)14(11-21-15)20-10-8-17/h5,13-14,17H,4,6-11H2,1-3H3. The van der Waals surface area contributed by atoms with Gasteiger partial charge in [-0.15, -0.1) is 0 Å². The molecule has 1 fully saturated rings. The topological polar surface area (TPSA) is 77.4 Å². The van der Waals surface area contributed by atoms with Crippen molar-refractivity contribution >= 4 is 0 Å². The maximum atomic E-state index is 10.1. The summed E-state index contributed by atoms with van der Waals surface area (Å²) in [6.45, 7) is 7.59. The van der Waals surface area contributed by atoms with Crippen molar-refractivity contribution in [2.45, 2.75) is 51.4 Å². The van der Waals surface area contributed by atoms with Crippen LogP contribution in [0, 0.1) is 4.91 Å². The van der Waals surface area contributed by atoms with Gasteiger partial charge in [0, 0.05) is 6.61 Å². The van der Waals surface area contributed by atoms with Crippen molar-refractivity contribution in [3.63, 3.8) is 0 Å². The largest absolute Gasteiger partial charge is 0.394 e. The number of aliphatic hydroxyl groups is 1. The van der Waals surface area contributed by atoms with E-state index in [1.165, 1.54) is 5.57 Å². The average molecular weight is 301 g/mol. The zero-order valence-corrected chi connectivity index (χ0v) is 13.2. The maximum absolute atomic E-state index is 10.1. The van der Waals surface area contributed by atoms with Crippen LogP contribution in [-0.2, 0) is 14.2 Å². The van der Waals surface area contributed by atoms with Gasteiger partial charge in [-0.05, 0) is 33.6 Å². The summed E-state index contributed by atoms with van der Waals surface area (Å²) in [4.78, 5) is 10.1. The van der Waals surface area contributed by atoms with Crippen LogP contribution in [0.1, 0.15) is 33.6 Å². The molecule has 0 saturated carbocycles. The van der Waals surface area contributed by atoms with E-state index in [4.69, 9.17) is 19.3 Å². The number of nitroso groups, excluding NO2 is 1. The van der Waals surface area contributed by atoms with Gasteiger partial charge in [0.25, 0.3) is 0 Å². The number of hydrogen-bond donors (Lipinski definition) is 1. The molecule has 0 spiro atoms. The summed E-state index contributed by atoms with van der Waals surface area (Å²) in [5.74, 6) is 0. The first-order chi connectivity index (χ1) is 10.0. The maximum Gasteiger partial charge on any atom is 0.120 e. The Morgan fingerprint density at radius 1 is 1.52 bits per heavy atom. The first-order valence-electron chi connectivity index (χ1n) is 7.45. The van der Waals surface area contributed by atoms with Crippen molar-refractivity contribution in [1.82, 2.24) is 0 Å². The summed E-state index contributed by atoms with van der Waals surface area (Å²) in [6, 6.07) is 0. The van der Waals surface area contributed by atoms with Gasteiger partial charge in [0.05, 0.1) is 32.5 Å². The van der Waals surface area contributed by atoms with Crippen molar-refractivity contribution in [3.05, 3.63) is 16.6 Å². The van der Waals surface area contributed by atoms with Crippen LogP contribution >= 0.6 is 0 Å². The molecule has 0 radical (unpaired) electrons. The predicted octanol–water partition coefficient (Wildman–Crippen LogP) is 2.05. The van der Waals surface area contributed by atoms with Gasteiger partial charge < -0.3 is 19.3 Å². The second-order valence-electron chi connectivity index (χ2n) is 5.66. The van der Waals surface area contributed by atoms with E-state index in [-0.39, 0.29) is 25.4 Å². The molecule has 0 bridgehead atoms. The van der Waals surface area contributed by atoms with Crippen LogP contribution in [-0.4, -0.2) is 55.9 Å². The van der Waals surface area contributed by atoms with Crippen LogP contribution in [0.5, 0.6) is 0 Å². The Morgan fingerprint density at radius 2 is 2.29 bits per heavy atom. The van der Waals surface area contributed by atoms with Gasteiger partial charge in [-0.1, -0.05) is 16.8 Å². The van der Waals surface area contributed by atoms with Crippen molar-refractivity contribution in [1.29, 1.82) is 0 Å². The fraction of sp³-hybridized carbons (Fsp3) is 0.867. The highest BCUT2D eigenvalue weighted by Crippen LogP contribution is 2.36. The highest BCUT2D eigenvalue weighted by atomic mass is 16.6. The fourth-order valence-electron chi connectivity index (χ4n) is 2.29. The molecule has 0 aromatic heterocycles. The third-order valence-electron chi connectivity index (χ3n) is 3.69. The molecule has 0 aromatic carbocycles. The fourth-order valence-corrected chi connectivity index (χ4v) is 2.29. The van der Waals surface area contributed by atoms with Crippen molar-refractivity contribution in [2.75, 3.05) is 33.0 Å². The smallest absolute Gasteiger partial charge is 0.120 e. The van der Waals surface area contributed by atoms with Crippen LogP contribution in [0.25, 0.3) is 0 Å². The summed E-state index contributed by atoms with van der Waals surface area (Å²) in [6.07, 6.45) is 3.22.